The number of nitrogens with two attached hydrogens (primary N) is 1. The van der Waals surface area contributed by atoms with Crippen LogP contribution < -0.4 is 5.73 Å². The van der Waals surface area contributed by atoms with Crippen molar-refractivity contribution in [3.63, 3.8) is 0 Å². The first-order valence-electron chi connectivity index (χ1n) is 9.13. The summed E-state index contributed by atoms with van der Waals surface area (Å²) in [5, 5.41) is 34.9. The Morgan fingerprint density at radius 3 is 2.90 bits per heavy atom. The average molecular weight is 403 g/mol. The SMILES string of the molecule is CC1(COC(=O)OC[C@H]2O[C@@](C#N)(c3ccc4c(N)ncnn34)[C@H](O)[C@@H]2O)CC1. The van der Waals surface area contributed by atoms with E-state index >= 15 is 0 Å². The van der Waals surface area contributed by atoms with Crippen LogP contribution in [0.1, 0.15) is 25.5 Å². The summed E-state index contributed by atoms with van der Waals surface area (Å²) in [5.41, 5.74) is 4.46. The van der Waals surface area contributed by atoms with Crippen LogP contribution in [0.4, 0.5) is 10.6 Å². The lowest BCUT2D eigenvalue weighted by atomic mass is 9.92. The van der Waals surface area contributed by atoms with Crippen LogP contribution in [0.2, 0.25) is 0 Å². The maximum atomic E-state index is 11.8. The highest BCUT2D eigenvalue weighted by Crippen LogP contribution is 2.45. The Morgan fingerprint density at radius 1 is 1.45 bits per heavy atom. The molecule has 0 spiro atoms. The van der Waals surface area contributed by atoms with Gasteiger partial charge in [0.25, 0.3) is 0 Å². The van der Waals surface area contributed by atoms with Crippen LogP contribution in [0.3, 0.4) is 0 Å². The van der Waals surface area contributed by atoms with Gasteiger partial charge in [-0.3, -0.25) is 0 Å². The number of hydrogen-bond donors (Lipinski definition) is 3. The molecule has 2 aromatic heterocycles. The van der Waals surface area contributed by atoms with Gasteiger partial charge in [0.2, 0.25) is 5.60 Å². The van der Waals surface area contributed by atoms with Gasteiger partial charge in [-0.2, -0.15) is 10.4 Å². The van der Waals surface area contributed by atoms with Crippen molar-refractivity contribution in [2.45, 2.75) is 43.7 Å². The number of nitrogens with zero attached hydrogens (tertiary/aromatic N) is 4. The topological polar surface area (TPSA) is 165 Å². The highest BCUT2D eigenvalue weighted by atomic mass is 16.7. The zero-order valence-corrected chi connectivity index (χ0v) is 15.7. The van der Waals surface area contributed by atoms with Gasteiger partial charge in [-0.15, -0.1) is 0 Å². The second-order valence-corrected chi connectivity index (χ2v) is 7.76. The van der Waals surface area contributed by atoms with Crippen LogP contribution in [-0.4, -0.2) is 62.5 Å². The van der Waals surface area contributed by atoms with Crippen molar-refractivity contribution in [3.05, 3.63) is 24.2 Å². The van der Waals surface area contributed by atoms with Gasteiger partial charge >= 0.3 is 6.16 Å². The molecule has 0 unspecified atom stereocenters. The van der Waals surface area contributed by atoms with E-state index < -0.39 is 36.7 Å². The maximum absolute atomic E-state index is 11.8. The van der Waals surface area contributed by atoms with E-state index in [1.807, 2.05) is 13.0 Å². The summed E-state index contributed by atoms with van der Waals surface area (Å²) in [6.07, 6.45) is -1.96. The molecule has 0 bridgehead atoms. The quantitative estimate of drug-likeness (QED) is 0.583. The fraction of sp³-hybridized carbons (Fsp3) is 0.556. The number of aliphatic hydroxyl groups excluding tert-OH is 2. The molecule has 1 aliphatic heterocycles. The van der Waals surface area contributed by atoms with E-state index in [4.69, 9.17) is 19.9 Å². The first-order valence-corrected chi connectivity index (χ1v) is 9.13. The van der Waals surface area contributed by atoms with Gasteiger partial charge < -0.3 is 30.2 Å². The van der Waals surface area contributed by atoms with Crippen LogP contribution in [0, 0.1) is 16.7 Å². The fourth-order valence-corrected chi connectivity index (χ4v) is 3.33. The van der Waals surface area contributed by atoms with Crippen molar-refractivity contribution in [2.24, 2.45) is 5.41 Å². The number of hydrogen-bond acceptors (Lipinski definition) is 10. The molecule has 0 radical (unpaired) electrons. The van der Waals surface area contributed by atoms with Gasteiger partial charge in [0.15, 0.2) is 5.82 Å². The summed E-state index contributed by atoms with van der Waals surface area (Å²) in [6.45, 7) is 1.86. The number of anilines is 1. The summed E-state index contributed by atoms with van der Waals surface area (Å²) in [6, 6.07) is 5.00. The summed E-state index contributed by atoms with van der Waals surface area (Å²) in [5.74, 6) is 0.180. The largest absolute Gasteiger partial charge is 0.508 e. The van der Waals surface area contributed by atoms with E-state index in [1.54, 1.807) is 6.07 Å². The maximum Gasteiger partial charge on any atom is 0.508 e. The fourth-order valence-electron chi connectivity index (χ4n) is 3.33. The summed E-state index contributed by atoms with van der Waals surface area (Å²) < 4.78 is 17.1. The molecular weight excluding hydrogens is 382 g/mol. The first kappa shape index (κ1) is 19.4. The normalized spacial score (nSPS) is 30.1. The van der Waals surface area contributed by atoms with Crippen molar-refractivity contribution < 1.29 is 29.2 Å². The number of aromatic nitrogens is 3. The minimum absolute atomic E-state index is 0.00825. The lowest BCUT2D eigenvalue weighted by Gasteiger charge is -2.24. The molecule has 11 nitrogen and oxygen atoms in total. The Hall–Kier alpha value is -2.94. The Morgan fingerprint density at radius 2 is 2.21 bits per heavy atom. The number of ether oxygens (including phenoxy) is 3. The highest BCUT2D eigenvalue weighted by molar-refractivity contribution is 5.66. The molecule has 2 aromatic rings. The van der Waals surface area contributed by atoms with E-state index in [0.717, 1.165) is 12.8 Å². The predicted molar refractivity (Wildman–Crippen MR) is 96.2 cm³/mol. The van der Waals surface area contributed by atoms with Crippen molar-refractivity contribution in [1.82, 2.24) is 14.6 Å². The standard InChI is InChI=1S/C18H21N5O6/c1-17(4-5-17)8-28-16(26)27-6-11-13(24)14(25)18(7-19,29-11)12-3-2-10-15(20)21-9-22-23(10)12/h2-3,9,11,13-14,24-25H,4-6,8H2,1H3,(H2,20,21,22)/t11-,13-,14-,18+/m1/s1. The van der Waals surface area contributed by atoms with E-state index in [1.165, 1.54) is 16.9 Å². The van der Waals surface area contributed by atoms with Crippen LogP contribution in [0.25, 0.3) is 5.52 Å². The second kappa shape index (κ2) is 6.84. The minimum Gasteiger partial charge on any atom is -0.434 e. The molecule has 1 saturated heterocycles. The second-order valence-electron chi connectivity index (χ2n) is 7.76. The highest BCUT2D eigenvalue weighted by Gasteiger charge is 2.58. The van der Waals surface area contributed by atoms with Gasteiger partial charge in [-0.05, 0) is 25.0 Å². The lowest BCUT2D eigenvalue weighted by Crippen LogP contribution is -2.41. The predicted octanol–water partition coefficient (Wildman–Crippen LogP) is 0.104. The smallest absolute Gasteiger partial charge is 0.434 e. The molecule has 2 aliphatic rings. The molecule has 4 rings (SSSR count). The van der Waals surface area contributed by atoms with E-state index in [-0.39, 0.29) is 23.5 Å². The molecule has 154 valence electrons. The zero-order chi connectivity index (χ0) is 20.8. The molecule has 11 heteroatoms. The number of carbonyl (C=O) groups excluding carboxylic acids is 1. The molecular formula is C18H21N5O6. The lowest BCUT2D eigenvalue weighted by molar-refractivity contribution is -0.0728. The van der Waals surface area contributed by atoms with Gasteiger partial charge in [0.1, 0.15) is 49.4 Å². The monoisotopic (exact) mass is 403 g/mol. The number of nitriles is 1. The molecule has 0 amide bonds. The van der Waals surface area contributed by atoms with Crippen molar-refractivity contribution >= 4 is 17.5 Å². The van der Waals surface area contributed by atoms with E-state index in [2.05, 4.69) is 10.1 Å². The van der Waals surface area contributed by atoms with Gasteiger partial charge in [-0.1, -0.05) is 6.92 Å². The third kappa shape index (κ3) is 3.25. The number of carbonyl (C=O) groups is 1. The van der Waals surface area contributed by atoms with Gasteiger partial charge in [-0.25, -0.2) is 14.3 Å². The first-order chi connectivity index (χ1) is 13.8. The van der Waals surface area contributed by atoms with Crippen LogP contribution in [0.15, 0.2) is 18.5 Å². The van der Waals surface area contributed by atoms with Crippen molar-refractivity contribution in [3.8, 4) is 6.07 Å². The summed E-state index contributed by atoms with van der Waals surface area (Å²) >= 11 is 0. The Balaban J connectivity index is 1.50. The molecule has 29 heavy (non-hydrogen) atoms. The van der Waals surface area contributed by atoms with Crippen LogP contribution in [0.5, 0.6) is 0 Å². The molecule has 3 heterocycles. The Labute approximate surface area is 165 Å². The molecule has 4 atom stereocenters. The molecule has 1 aliphatic carbocycles. The van der Waals surface area contributed by atoms with Crippen LogP contribution in [-0.2, 0) is 19.8 Å². The molecule has 1 saturated carbocycles. The average Bonchev–Trinajstić information content (AvgIpc) is 3.19. The van der Waals surface area contributed by atoms with Crippen molar-refractivity contribution in [2.75, 3.05) is 18.9 Å². The number of fused-ring (bicyclic) bond motifs is 1. The third-order valence-corrected chi connectivity index (χ3v) is 5.49. The minimum atomic E-state index is -1.94. The van der Waals surface area contributed by atoms with Gasteiger partial charge in [0.05, 0.1) is 5.69 Å². The zero-order valence-electron chi connectivity index (χ0n) is 15.7. The Bertz CT molecular complexity index is 983. The number of aliphatic hydroxyl groups is 2. The summed E-state index contributed by atoms with van der Waals surface area (Å²) in [7, 11) is 0. The van der Waals surface area contributed by atoms with Crippen molar-refractivity contribution in [1.29, 1.82) is 5.26 Å². The molecule has 4 N–H and O–H groups in total. The molecule has 0 aromatic carbocycles. The van der Waals surface area contributed by atoms with E-state index in [0.29, 0.717) is 5.52 Å². The third-order valence-electron chi connectivity index (χ3n) is 5.49. The molecule has 2 fully saturated rings. The number of nitrogen functional groups attached to an aromatic ring is 1. The van der Waals surface area contributed by atoms with Gasteiger partial charge in [0, 0.05) is 5.41 Å². The summed E-state index contributed by atoms with van der Waals surface area (Å²) in [4.78, 5) is 15.7. The number of rotatable bonds is 5. The Kier molecular flexibility index (Phi) is 4.57. The van der Waals surface area contributed by atoms with E-state index in [9.17, 15) is 20.3 Å². The van der Waals surface area contributed by atoms with Crippen LogP contribution >= 0.6 is 0 Å².